The third-order valence-corrected chi connectivity index (χ3v) is 3.41. The molecule has 0 saturated carbocycles. The van der Waals surface area contributed by atoms with Gasteiger partial charge in [0.15, 0.2) is 0 Å². The summed E-state index contributed by atoms with van der Waals surface area (Å²) in [5, 5.41) is 6.80. The van der Waals surface area contributed by atoms with Crippen LogP contribution in [0, 0.1) is 0 Å². The summed E-state index contributed by atoms with van der Waals surface area (Å²) in [5.74, 6) is 0.0589. The van der Waals surface area contributed by atoms with Gasteiger partial charge in [0, 0.05) is 17.8 Å². The predicted octanol–water partition coefficient (Wildman–Crippen LogP) is 5.21. The fraction of sp³-hybridized carbons (Fsp3) is 0.235. The van der Waals surface area contributed by atoms with Crippen molar-refractivity contribution in [2.45, 2.75) is 26.2 Å². The van der Waals surface area contributed by atoms with E-state index in [4.69, 9.17) is 11.6 Å². The Balaban J connectivity index is 1.96. The molecule has 0 spiro atoms. The molecular weight excluding hydrogens is 284 g/mol. The Morgan fingerprint density at radius 1 is 1.05 bits per heavy atom. The zero-order valence-electron chi connectivity index (χ0n) is 12.0. The van der Waals surface area contributed by atoms with E-state index in [1.54, 1.807) is 0 Å². The molecule has 0 aliphatic carbocycles. The molecule has 1 amide bonds. The van der Waals surface area contributed by atoms with Crippen molar-refractivity contribution in [3.8, 4) is 0 Å². The van der Waals surface area contributed by atoms with E-state index in [2.05, 4.69) is 17.6 Å². The Labute approximate surface area is 130 Å². The van der Waals surface area contributed by atoms with Gasteiger partial charge in [0.2, 0.25) is 5.91 Å². The van der Waals surface area contributed by atoms with Crippen molar-refractivity contribution in [3.63, 3.8) is 0 Å². The molecule has 2 aromatic rings. The molecule has 2 rings (SSSR count). The zero-order chi connectivity index (χ0) is 15.1. The van der Waals surface area contributed by atoms with Crippen LogP contribution in [0.2, 0.25) is 5.02 Å². The van der Waals surface area contributed by atoms with Crippen molar-refractivity contribution in [1.82, 2.24) is 0 Å². The van der Waals surface area contributed by atoms with E-state index in [1.807, 2.05) is 48.5 Å². The number of para-hydroxylation sites is 1. The normalized spacial score (nSPS) is 10.2. The highest BCUT2D eigenvalue weighted by Gasteiger charge is 2.02. The minimum atomic E-state index is 0.0589. The Kier molecular flexibility index (Phi) is 5.64. The van der Waals surface area contributed by atoms with Crippen LogP contribution in [-0.2, 0) is 4.79 Å². The van der Waals surface area contributed by atoms with Crippen LogP contribution >= 0.6 is 11.6 Å². The average molecular weight is 303 g/mol. The molecule has 0 aromatic heterocycles. The first kappa shape index (κ1) is 15.4. The van der Waals surface area contributed by atoms with Crippen molar-refractivity contribution in [1.29, 1.82) is 0 Å². The molecule has 110 valence electrons. The van der Waals surface area contributed by atoms with Crippen LogP contribution < -0.4 is 10.6 Å². The molecule has 0 radical (unpaired) electrons. The predicted molar refractivity (Wildman–Crippen MR) is 89.3 cm³/mol. The summed E-state index contributed by atoms with van der Waals surface area (Å²) in [6.45, 7) is 2.07. The van der Waals surface area contributed by atoms with Gasteiger partial charge in [0.05, 0.1) is 10.7 Å². The Hall–Kier alpha value is -2.00. The van der Waals surface area contributed by atoms with Crippen LogP contribution in [0.5, 0.6) is 0 Å². The standard InChI is InChI=1S/C17H19ClN2O/c1-2-3-8-17(21)20-14-11-9-13(10-12-14)19-16-7-5-4-6-15(16)18/h4-7,9-12,19H,2-3,8H2,1H3,(H,20,21). The van der Waals surface area contributed by atoms with Gasteiger partial charge < -0.3 is 10.6 Å². The summed E-state index contributed by atoms with van der Waals surface area (Å²) in [6, 6.07) is 15.2. The highest BCUT2D eigenvalue weighted by molar-refractivity contribution is 6.33. The molecule has 0 heterocycles. The van der Waals surface area contributed by atoms with Gasteiger partial charge in [-0.25, -0.2) is 0 Å². The van der Waals surface area contributed by atoms with Gasteiger partial charge in [0.25, 0.3) is 0 Å². The molecule has 0 saturated heterocycles. The number of hydrogen-bond acceptors (Lipinski definition) is 2. The van der Waals surface area contributed by atoms with Gasteiger partial charge in [-0.2, -0.15) is 0 Å². The van der Waals surface area contributed by atoms with E-state index in [0.717, 1.165) is 29.9 Å². The fourth-order valence-corrected chi connectivity index (χ4v) is 2.10. The number of carbonyl (C=O) groups is 1. The number of halogens is 1. The molecule has 0 bridgehead atoms. The first-order valence-corrected chi connectivity index (χ1v) is 7.48. The Morgan fingerprint density at radius 2 is 1.71 bits per heavy atom. The second-order valence-corrected chi connectivity index (χ2v) is 5.24. The number of nitrogens with one attached hydrogen (secondary N) is 2. The van der Waals surface area contributed by atoms with Crippen LogP contribution in [0.25, 0.3) is 0 Å². The largest absolute Gasteiger partial charge is 0.354 e. The van der Waals surface area contributed by atoms with E-state index in [0.29, 0.717) is 11.4 Å². The number of hydrogen-bond donors (Lipinski definition) is 2. The molecular formula is C17H19ClN2O. The topological polar surface area (TPSA) is 41.1 Å². The third kappa shape index (κ3) is 4.80. The quantitative estimate of drug-likeness (QED) is 0.769. The van der Waals surface area contributed by atoms with E-state index in [-0.39, 0.29) is 5.91 Å². The molecule has 0 fully saturated rings. The lowest BCUT2D eigenvalue weighted by Crippen LogP contribution is -2.10. The maximum Gasteiger partial charge on any atom is 0.224 e. The summed E-state index contributed by atoms with van der Waals surface area (Å²) in [6.07, 6.45) is 2.50. The van der Waals surface area contributed by atoms with Crippen molar-refractivity contribution in [2.75, 3.05) is 10.6 Å². The fourth-order valence-electron chi connectivity index (χ4n) is 1.92. The number of benzene rings is 2. The minimum Gasteiger partial charge on any atom is -0.354 e. The summed E-state index contributed by atoms with van der Waals surface area (Å²) in [5.41, 5.74) is 2.59. The van der Waals surface area contributed by atoms with Crippen LogP contribution in [0.3, 0.4) is 0 Å². The monoisotopic (exact) mass is 302 g/mol. The van der Waals surface area contributed by atoms with Gasteiger partial charge in [-0.05, 0) is 42.8 Å². The first-order chi connectivity index (χ1) is 10.2. The number of amides is 1. The molecule has 4 heteroatoms. The van der Waals surface area contributed by atoms with E-state index in [9.17, 15) is 4.79 Å². The maximum absolute atomic E-state index is 11.6. The van der Waals surface area contributed by atoms with Crippen LogP contribution in [0.15, 0.2) is 48.5 Å². The average Bonchev–Trinajstić information content (AvgIpc) is 2.49. The second kappa shape index (κ2) is 7.70. The zero-order valence-corrected chi connectivity index (χ0v) is 12.8. The minimum absolute atomic E-state index is 0.0589. The van der Waals surface area contributed by atoms with Gasteiger partial charge in [-0.15, -0.1) is 0 Å². The van der Waals surface area contributed by atoms with Gasteiger partial charge in [-0.3, -0.25) is 4.79 Å². The highest BCUT2D eigenvalue weighted by Crippen LogP contribution is 2.25. The summed E-state index contributed by atoms with van der Waals surface area (Å²) in [7, 11) is 0. The van der Waals surface area contributed by atoms with Crippen molar-refractivity contribution >= 4 is 34.6 Å². The van der Waals surface area contributed by atoms with E-state index in [1.165, 1.54) is 0 Å². The number of carbonyl (C=O) groups excluding carboxylic acids is 1. The number of unbranched alkanes of at least 4 members (excludes halogenated alkanes) is 1. The van der Waals surface area contributed by atoms with Crippen molar-refractivity contribution in [3.05, 3.63) is 53.6 Å². The molecule has 0 unspecified atom stereocenters. The van der Waals surface area contributed by atoms with Crippen molar-refractivity contribution < 1.29 is 4.79 Å². The highest BCUT2D eigenvalue weighted by atomic mass is 35.5. The molecule has 0 aliphatic rings. The lowest BCUT2D eigenvalue weighted by molar-refractivity contribution is -0.116. The van der Waals surface area contributed by atoms with Gasteiger partial charge in [0.1, 0.15) is 0 Å². The second-order valence-electron chi connectivity index (χ2n) is 4.83. The molecule has 3 nitrogen and oxygen atoms in total. The van der Waals surface area contributed by atoms with Crippen LogP contribution in [0.1, 0.15) is 26.2 Å². The van der Waals surface area contributed by atoms with E-state index >= 15 is 0 Å². The molecule has 21 heavy (non-hydrogen) atoms. The van der Waals surface area contributed by atoms with Crippen molar-refractivity contribution in [2.24, 2.45) is 0 Å². The van der Waals surface area contributed by atoms with Gasteiger partial charge in [-0.1, -0.05) is 37.1 Å². The Morgan fingerprint density at radius 3 is 2.38 bits per heavy atom. The van der Waals surface area contributed by atoms with Crippen LogP contribution in [0.4, 0.5) is 17.1 Å². The first-order valence-electron chi connectivity index (χ1n) is 7.10. The van der Waals surface area contributed by atoms with Crippen LogP contribution in [-0.4, -0.2) is 5.91 Å². The lowest BCUT2D eigenvalue weighted by Gasteiger charge is -2.09. The third-order valence-electron chi connectivity index (χ3n) is 3.08. The summed E-state index contributed by atoms with van der Waals surface area (Å²) < 4.78 is 0. The number of rotatable bonds is 6. The SMILES string of the molecule is CCCCC(=O)Nc1ccc(Nc2ccccc2Cl)cc1. The van der Waals surface area contributed by atoms with Gasteiger partial charge >= 0.3 is 0 Å². The molecule has 2 N–H and O–H groups in total. The van der Waals surface area contributed by atoms with E-state index < -0.39 is 0 Å². The molecule has 2 aromatic carbocycles. The number of anilines is 3. The smallest absolute Gasteiger partial charge is 0.224 e. The summed E-state index contributed by atoms with van der Waals surface area (Å²) >= 11 is 6.10. The lowest BCUT2D eigenvalue weighted by atomic mass is 10.2. The maximum atomic E-state index is 11.6. The molecule has 0 aliphatic heterocycles. The summed E-state index contributed by atoms with van der Waals surface area (Å²) in [4.78, 5) is 11.6. The molecule has 0 atom stereocenters. The Bertz CT molecular complexity index is 596.